The molecule has 5 fully saturated rings. The summed E-state index contributed by atoms with van der Waals surface area (Å²) in [5.41, 5.74) is -1.44. The fourth-order valence-electron chi connectivity index (χ4n) is 6.64. The van der Waals surface area contributed by atoms with E-state index in [0.29, 0.717) is 38.3 Å². The maximum Gasteiger partial charge on any atom is 0.433 e. The molecule has 1 aliphatic heterocycles. The van der Waals surface area contributed by atoms with Crippen molar-refractivity contribution in [2.24, 2.45) is 23.2 Å². The van der Waals surface area contributed by atoms with E-state index in [9.17, 15) is 22.8 Å². The van der Waals surface area contributed by atoms with Gasteiger partial charge in [0.1, 0.15) is 11.8 Å². The van der Waals surface area contributed by atoms with Gasteiger partial charge >= 0.3 is 18.2 Å². The van der Waals surface area contributed by atoms with Gasteiger partial charge in [-0.05, 0) is 62.3 Å². The molecular weight excluding hydrogens is 441 g/mol. The SMILES string of the molecule is COC(=O)C12CC3C[C@H](C1)C(OC(=O)N1CCC(Nc4nccc(C(F)(F)F)n4)C1)[C@H](C3)C2. The second kappa shape index (κ2) is 8.02. The Balaban J connectivity index is 1.18. The molecular formula is C22H27F3N4O4. The topological polar surface area (TPSA) is 93.7 Å². The van der Waals surface area contributed by atoms with Gasteiger partial charge in [-0.25, -0.2) is 14.8 Å². The zero-order valence-electron chi connectivity index (χ0n) is 18.3. The lowest BCUT2D eigenvalue weighted by Crippen LogP contribution is -2.58. The first kappa shape index (κ1) is 22.2. The van der Waals surface area contributed by atoms with Crippen LogP contribution < -0.4 is 5.32 Å². The molecule has 0 spiro atoms. The van der Waals surface area contributed by atoms with Gasteiger partial charge in [-0.2, -0.15) is 13.2 Å². The van der Waals surface area contributed by atoms with Gasteiger partial charge in [0, 0.05) is 25.3 Å². The number of hydrogen-bond acceptors (Lipinski definition) is 7. The van der Waals surface area contributed by atoms with Gasteiger partial charge < -0.3 is 19.7 Å². The summed E-state index contributed by atoms with van der Waals surface area (Å²) in [5, 5.41) is 2.89. The van der Waals surface area contributed by atoms with Crippen LogP contribution in [0, 0.1) is 23.2 Å². The maximum absolute atomic E-state index is 12.9. The number of esters is 1. The molecule has 11 heteroatoms. The molecule has 1 aromatic rings. The van der Waals surface area contributed by atoms with E-state index in [1.54, 1.807) is 4.90 Å². The second-order valence-electron chi connectivity index (χ2n) is 9.93. The summed E-state index contributed by atoms with van der Waals surface area (Å²) in [6, 6.07) is 0.556. The zero-order chi connectivity index (χ0) is 23.4. The average Bonchev–Trinajstić information content (AvgIpc) is 3.23. The minimum Gasteiger partial charge on any atom is -0.469 e. The number of alkyl halides is 3. The molecule has 6 rings (SSSR count). The van der Waals surface area contributed by atoms with Gasteiger partial charge in [0.2, 0.25) is 5.95 Å². The Morgan fingerprint density at radius 2 is 1.94 bits per heavy atom. The molecule has 4 bridgehead atoms. The number of anilines is 1. The van der Waals surface area contributed by atoms with Gasteiger partial charge in [-0.1, -0.05) is 0 Å². The number of aromatic nitrogens is 2. The van der Waals surface area contributed by atoms with Crippen LogP contribution in [0.2, 0.25) is 0 Å². The highest BCUT2D eigenvalue weighted by atomic mass is 19.4. The number of rotatable bonds is 4. The van der Waals surface area contributed by atoms with Crippen molar-refractivity contribution in [3.63, 3.8) is 0 Å². The summed E-state index contributed by atoms with van der Waals surface area (Å²) in [6.45, 7) is 0.738. The molecule has 1 aromatic heterocycles. The number of ether oxygens (including phenoxy) is 2. The number of halogens is 3. The fraction of sp³-hybridized carbons (Fsp3) is 0.727. The van der Waals surface area contributed by atoms with Gasteiger partial charge in [0.15, 0.2) is 0 Å². The molecule has 3 atom stereocenters. The lowest BCUT2D eigenvalue weighted by atomic mass is 9.48. The summed E-state index contributed by atoms with van der Waals surface area (Å²) in [5.74, 6) is 0.546. The van der Waals surface area contributed by atoms with E-state index >= 15 is 0 Å². The van der Waals surface area contributed by atoms with Gasteiger partial charge in [-0.15, -0.1) is 0 Å². The molecule has 1 amide bonds. The Labute approximate surface area is 189 Å². The van der Waals surface area contributed by atoms with Crippen LogP contribution in [-0.2, 0) is 20.4 Å². The third-order valence-corrected chi connectivity index (χ3v) is 7.77. The van der Waals surface area contributed by atoms with Crippen LogP contribution in [-0.4, -0.2) is 59.3 Å². The smallest absolute Gasteiger partial charge is 0.433 e. The molecule has 4 saturated carbocycles. The summed E-state index contributed by atoms with van der Waals surface area (Å²) in [4.78, 5) is 34.3. The monoisotopic (exact) mass is 468 g/mol. The number of carbonyl (C=O) groups is 2. The molecule has 1 saturated heterocycles. The van der Waals surface area contributed by atoms with E-state index in [4.69, 9.17) is 9.47 Å². The van der Waals surface area contributed by atoms with E-state index < -0.39 is 23.4 Å². The molecule has 5 aliphatic rings. The number of likely N-dealkylation sites (tertiary alicyclic amines) is 1. The molecule has 180 valence electrons. The minimum absolute atomic E-state index is 0.112. The van der Waals surface area contributed by atoms with Crippen LogP contribution in [0.15, 0.2) is 12.3 Å². The van der Waals surface area contributed by atoms with Crippen molar-refractivity contribution in [2.45, 2.75) is 56.8 Å². The van der Waals surface area contributed by atoms with Crippen LogP contribution in [0.25, 0.3) is 0 Å². The normalized spacial score (nSPS) is 34.9. The first-order chi connectivity index (χ1) is 15.7. The highest BCUT2D eigenvalue weighted by Crippen LogP contribution is 2.61. The van der Waals surface area contributed by atoms with Crippen LogP contribution in [0.3, 0.4) is 0 Å². The summed E-state index contributed by atoms with van der Waals surface area (Å²) in [7, 11) is 1.43. The summed E-state index contributed by atoms with van der Waals surface area (Å²) in [6.07, 6.45) is 0.643. The predicted molar refractivity (Wildman–Crippen MR) is 109 cm³/mol. The van der Waals surface area contributed by atoms with Crippen molar-refractivity contribution in [2.75, 3.05) is 25.5 Å². The third kappa shape index (κ3) is 4.10. The molecule has 33 heavy (non-hydrogen) atoms. The Bertz CT molecular complexity index is 926. The van der Waals surface area contributed by atoms with E-state index in [2.05, 4.69) is 15.3 Å². The minimum atomic E-state index is -4.55. The number of nitrogens with zero attached hydrogens (tertiary/aromatic N) is 3. The van der Waals surface area contributed by atoms with Crippen molar-refractivity contribution >= 4 is 18.0 Å². The number of carbonyl (C=O) groups excluding carboxylic acids is 2. The standard InChI is InChI=1S/C22H27F3N4O4/c1-32-18(30)21-8-12-6-13(9-21)17(14(7-12)10-21)33-20(31)29-5-3-15(11-29)27-19-26-4-2-16(28-19)22(23,24)25/h2,4,12-15,17H,3,5-11H2,1H3,(H,26,27,28)/t12?,13-,14-,15?,17?,21?/m1/s1. The van der Waals surface area contributed by atoms with E-state index in [0.717, 1.165) is 31.5 Å². The zero-order valence-corrected chi connectivity index (χ0v) is 18.3. The Morgan fingerprint density at radius 1 is 1.21 bits per heavy atom. The molecule has 2 heterocycles. The van der Waals surface area contributed by atoms with Crippen molar-refractivity contribution in [1.29, 1.82) is 0 Å². The van der Waals surface area contributed by atoms with E-state index in [1.807, 2.05) is 0 Å². The predicted octanol–water partition coefficient (Wildman–Crippen LogP) is 3.49. The van der Waals surface area contributed by atoms with Crippen LogP contribution in [0.4, 0.5) is 23.9 Å². The quantitative estimate of drug-likeness (QED) is 0.676. The van der Waals surface area contributed by atoms with Crippen molar-refractivity contribution in [1.82, 2.24) is 14.9 Å². The molecule has 8 nitrogen and oxygen atoms in total. The first-order valence-corrected chi connectivity index (χ1v) is 11.4. The molecule has 0 radical (unpaired) electrons. The molecule has 1 N–H and O–H groups in total. The molecule has 0 aromatic carbocycles. The molecule has 4 aliphatic carbocycles. The Morgan fingerprint density at radius 3 is 2.61 bits per heavy atom. The van der Waals surface area contributed by atoms with Crippen LogP contribution in [0.5, 0.6) is 0 Å². The number of hydrogen-bond donors (Lipinski definition) is 1. The molecule has 1 unspecified atom stereocenters. The third-order valence-electron chi connectivity index (χ3n) is 7.77. The highest BCUT2D eigenvalue weighted by molar-refractivity contribution is 5.77. The van der Waals surface area contributed by atoms with Crippen LogP contribution in [0.1, 0.15) is 44.2 Å². The average molecular weight is 468 g/mol. The lowest BCUT2D eigenvalue weighted by molar-refractivity contribution is -0.182. The number of amides is 1. The second-order valence-corrected chi connectivity index (χ2v) is 9.93. The first-order valence-electron chi connectivity index (χ1n) is 11.4. The number of nitrogens with one attached hydrogen (secondary N) is 1. The Hall–Kier alpha value is -2.59. The van der Waals surface area contributed by atoms with Crippen molar-refractivity contribution < 1.29 is 32.2 Å². The van der Waals surface area contributed by atoms with E-state index in [1.165, 1.54) is 7.11 Å². The summed E-state index contributed by atoms with van der Waals surface area (Å²) < 4.78 is 49.7. The van der Waals surface area contributed by atoms with Gasteiger partial charge in [0.25, 0.3) is 0 Å². The Kier molecular flexibility index (Phi) is 5.40. The largest absolute Gasteiger partial charge is 0.469 e. The van der Waals surface area contributed by atoms with Gasteiger partial charge in [-0.3, -0.25) is 4.79 Å². The fourth-order valence-corrected chi connectivity index (χ4v) is 6.64. The number of methoxy groups -OCH3 is 1. The lowest BCUT2D eigenvalue weighted by Gasteiger charge is -2.57. The van der Waals surface area contributed by atoms with Crippen LogP contribution >= 0.6 is 0 Å². The van der Waals surface area contributed by atoms with Crippen molar-refractivity contribution in [3.8, 4) is 0 Å². The summed E-state index contributed by atoms with van der Waals surface area (Å²) >= 11 is 0. The van der Waals surface area contributed by atoms with E-state index in [-0.39, 0.29) is 35.9 Å². The van der Waals surface area contributed by atoms with Crippen molar-refractivity contribution in [3.05, 3.63) is 18.0 Å². The highest BCUT2D eigenvalue weighted by Gasteiger charge is 2.60. The maximum atomic E-state index is 12.9. The van der Waals surface area contributed by atoms with Gasteiger partial charge in [0.05, 0.1) is 12.5 Å².